The van der Waals surface area contributed by atoms with Crippen LogP contribution in [0, 0.1) is 0 Å². The van der Waals surface area contributed by atoms with Gasteiger partial charge in [0.15, 0.2) is 6.61 Å². The van der Waals surface area contributed by atoms with Crippen LogP contribution in [0.3, 0.4) is 0 Å². The average molecular weight is 305 g/mol. The Morgan fingerprint density at radius 2 is 2.14 bits per heavy atom. The van der Waals surface area contributed by atoms with Crippen LogP contribution in [-0.4, -0.2) is 56.7 Å². The number of hydrogen-bond acceptors (Lipinski definition) is 4. The minimum atomic E-state index is -0.0647. The van der Waals surface area contributed by atoms with Gasteiger partial charge in [-0.15, -0.1) is 0 Å². The summed E-state index contributed by atoms with van der Waals surface area (Å²) in [5, 5.41) is 6.23. The van der Waals surface area contributed by atoms with Crippen LogP contribution in [-0.2, 0) is 4.79 Å². The Kier molecular flexibility index (Phi) is 6.68. The molecule has 5 heteroatoms. The van der Waals surface area contributed by atoms with Gasteiger partial charge in [-0.1, -0.05) is 26.0 Å². The highest BCUT2D eigenvalue weighted by molar-refractivity contribution is 5.77. The van der Waals surface area contributed by atoms with Crippen molar-refractivity contribution in [1.29, 1.82) is 0 Å². The minimum Gasteiger partial charge on any atom is -0.484 e. The molecule has 1 amide bonds. The molecule has 122 valence electrons. The maximum absolute atomic E-state index is 11.8. The van der Waals surface area contributed by atoms with E-state index in [-0.39, 0.29) is 12.5 Å². The van der Waals surface area contributed by atoms with Crippen molar-refractivity contribution in [2.24, 2.45) is 0 Å². The summed E-state index contributed by atoms with van der Waals surface area (Å²) in [6, 6.07) is 7.93. The third-order valence-corrected chi connectivity index (χ3v) is 3.85. The number of benzene rings is 1. The van der Waals surface area contributed by atoms with Gasteiger partial charge < -0.3 is 15.4 Å². The fourth-order valence-corrected chi connectivity index (χ4v) is 2.45. The molecule has 1 fully saturated rings. The summed E-state index contributed by atoms with van der Waals surface area (Å²) in [5.74, 6) is 1.14. The van der Waals surface area contributed by atoms with E-state index in [4.69, 9.17) is 4.74 Å². The molecule has 1 heterocycles. The number of carbonyl (C=O) groups is 1. The Labute approximate surface area is 133 Å². The second-order valence-corrected chi connectivity index (χ2v) is 5.96. The number of nitrogens with zero attached hydrogens (tertiary/aromatic N) is 1. The molecule has 0 radical (unpaired) electrons. The Morgan fingerprint density at radius 3 is 2.86 bits per heavy atom. The van der Waals surface area contributed by atoms with Crippen LogP contribution in [0.15, 0.2) is 24.3 Å². The lowest BCUT2D eigenvalue weighted by molar-refractivity contribution is -0.123. The molecule has 2 rings (SSSR count). The molecular weight excluding hydrogens is 278 g/mol. The number of piperazine rings is 1. The highest BCUT2D eigenvalue weighted by atomic mass is 16.5. The first-order valence-corrected chi connectivity index (χ1v) is 8.07. The summed E-state index contributed by atoms with van der Waals surface area (Å²) in [7, 11) is 0. The number of ether oxygens (including phenoxy) is 1. The Bertz CT molecular complexity index is 471. The van der Waals surface area contributed by atoms with E-state index >= 15 is 0 Å². The predicted molar refractivity (Wildman–Crippen MR) is 88.3 cm³/mol. The van der Waals surface area contributed by atoms with Gasteiger partial charge in [0.25, 0.3) is 5.91 Å². The molecule has 0 bridgehead atoms. The normalized spacial score (nSPS) is 15.8. The molecule has 0 spiro atoms. The number of rotatable bonds is 7. The third kappa shape index (κ3) is 5.66. The van der Waals surface area contributed by atoms with E-state index in [1.54, 1.807) is 0 Å². The fourth-order valence-electron chi connectivity index (χ4n) is 2.45. The molecule has 1 aliphatic heterocycles. The zero-order valence-electron chi connectivity index (χ0n) is 13.6. The average Bonchev–Trinajstić information content (AvgIpc) is 2.54. The summed E-state index contributed by atoms with van der Waals surface area (Å²) in [6.45, 7) is 10.1. The van der Waals surface area contributed by atoms with Crippen molar-refractivity contribution in [1.82, 2.24) is 15.5 Å². The van der Waals surface area contributed by atoms with Gasteiger partial charge in [-0.2, -0.15) is 0 Å². The van der Waals surface area contributed by atoms with E-state index in [0.717, 1.165) is 38.5 Å². The number of carbonyl (C=O) groups excluding carboxylic acids is 1. The fraction of sp³-hybridized carbons (Fsp3) is 0.588. The van der Waals surface area contributed by atoms with Crippen LogP contribution < -0.4 is 15.4 Å². The van der Waals surface area contributed by atoms with Crippen molar-refractivity contribution in [3.05, 3.63) is 29.8 Å². The van der Waals surface area contributed by atoms with Gasteiger partial charge in [0, 0.05) is 39.3 Å². The number of nitrogens with one attached hydrogen (secondary N) is 2. The molecule has 1 aromatic carbocycles. The lowest BCUT2D eigenvalue weighted by Crippen LogP contribution is -2.46. The molecule has 2 N–H and O–H groups in total. The maximum atomic E-state index is 11.8. The van der Waals surface area contributed by atoms with Crippen molar-refractivity contribution < 1.29 is 9.53 Å². The van der Waals surface area contributed by atoms with Crippen LogP contribution in [0.25, 0.3) is 0 Å². The zero-order valence-corrected chi connectivity index (χ0v) is 13.6. The van der Waals surface area contributed by atoms with Gasteiger partial charge in [-0.05, 0) is 23.6 Å². The molecule has 0 saturated carbocycles. The number of hydrogen-bond donors (Lipinski definition) is 2. The summed E-state index contributed by atoms with van der Waals surface area (Å²) in [5.41, 5.74) is 1.22. The molecule has 1 aliphatic rings. The monoisotopic (exact) mass is 305 g/mol. The van der Waals surface area contributed by atoms with Gasteiger partial charge >= 0.3 is 0 Å². The standard InChI is InChI=1S/C17H27N3O2/c1-14(2)15-4-3-5-16(12-15)22-13-17(21)19-8-11-20-9-6-18-7-10-20/h3-5,12,14,18H,6-11,13H2,1-2H3,(H,19,21). The smallest absolute Gasteiger partial charge is 0.257 e. The Morgan fingerprint density at radius 1 is 1.36 bits per heavy atom. The number of amides is 1. The van der Waals surface area contributed by atoms with Crippen LogP contribution in [0.4, 0.5) is 0 Å². The topological polar surface area (TPSA) is 53.6 Å². The highest BCUT2D eigenvalue weighted by Crippen LogP contribution is 2.19. The van der Waals surface area contributed by atoms with Gasteiger partial charge in [0.05, 0.1) is 0 Å². The van der Waals surface area contributed by atoms with Gasteiger partial charge in [-0.25, -0.2) is 0 Å². The maximum Gasteiger partial charge on any atom is 0.257 e. The minimum absolute atomic E-state index is 0.0647. The van der Waals surface area contributed by atoms with Gasteiger partial charge in [0.2, 0.25) is 0 Å². The Hall–Kier alpha value is -1.59. The van der Waals surface area contributed by atoms with E-state index < -0.39 is 0 Å². The van der Waals surface area contributed by atoms with Crippen molar-refractivity contribution in [3.63, 3.8) is 0 Å². The lowest BCUT2D eigenvalue weighted by atomic mass is 10.0. The lowest BCUT2D eigenvalue weighted by Gasteiger charge is -2.27. The third-order valence-electron chi connectivity index (χ3n) is 3.85. The summed E-state index contributed by atoms with van der Waals surface area (Å²) < 4.78 is 5.57. The highest BCUT2D eigenvalue weighted by Gasteiger charge is 2.09. The van der Waals surface area contributed by atoms with Crippen LogP contribution in [0.2, 0.25) is 0 Å². The predicted octanol–water partition coefficient (Wildman–Crippen LogP) is 1.21. The van der Waals surface area contributed by atoms with E-state index in [1.807, 2.05) is 18.2 Å². The molecule has 0 atom stereocenters. The van der Waals surface area contributed by atoms with Crippen molar-refractivity contribution in [2.75, 3.05) is 45.9 Å². The first kappa shape index (κ1) is 16.8. The molecule has 1 saturated heterocycles. The molecule has 22 heavy (non-hydrogen) atoms. The molecule has 0 aliphatic carbocycles. The summed E-state index contributed by atoms with van der Waals surface area (Å²) in [4.78, 5) is 14.2. The van der Waals surface area contributed by atoms with Crippen LogP contribution in [0.5, 0.6) is 5.75 Å². The first-order chi connectivity index (χ1) is 10.6. The Balaban J connectivity index is 1.65. The second kappa shape index (κ2) is 8.76. The molecule has 1 aromatic rings. The summed E-state index contributed by atoms with van der Waals surface area (Å²) >= 11 is 0. The van der Waals surface area contributed by atoms with E-state index in [1.165, 1.54) is 5.56 Å². The molecule has 0 unspecified atom stereocenters. The van der Waals surface area contributed by atoms with Crippen molar-refractivity contribution in [3.8, 4) is 5.75 Å². The second-order valence-electron chi connectivity index (χ2n) is 5.96. The largest absolute Gasteiger partial charge is 0.484 e. The van der Waals surface area contributed by atoms with Crippen LogP contribution >= 0.6 is 0 Å². The quantitative estimate of drug-likeness (QED) is 0.795. The SMILES string of the molecule is CC(C)c1cccc(OCC(=O)NCCN2CCNCC2)c1. The van der Waals surface area contributed by atoms with E-state index in [9.17, 15) is 4.79 Å². The van der Waals surface area contributed by atoms with Crippen molar-refractivity contribution >= 4 is 5.91 Å². The molecule has 0 aromatic heterocycles. The summed E-state index contributed by atoms with van der Waals surface area (Å²) in [6.07, 6.45) is 0. The van der Waals surface area contributed by atoms with E-state index in [2.05, 4.69) is 35.4 Å². The van der Waals surface area contributed by atoms with Crippen LogP contribution in [0.1, 0.15) is 25.3 Å². The van der Waals surface area contributed by atoms with Crippen molar-refractivity contribution in [2.45, 2.75) is 19.8 Å². The van der Waals surface area contributed by atoms with Gasteiger partial charge in [-0.3, -0.25) is 9.69 Å². The molecule has 5 nitrogen and oxygen atoms in total. The van der Waals surface area contributed by atoms with E-state index in [0.29, 0.717) is 12.5 Å². The first-order valence-electron chi connectivity index (χ1n) is 8.07. The van der Waals surface area contributed by atoms with Gasteiger partial charge in [0.1, 0.15) is 5.75 Å². The zero-order chi connectivity index (χ0) is 15.8. The molecular formula is C17H27N3O2.